The molecule has 13 nitrogen and oxygen atoms in total. The SMILES string of the molecule is Nc1nc2ncc(CNc3ccc(C(=O)N[C@H](CCC(=O)[O-])C(=O)[O-])cc3)nc2c(=O)[nH]1.[Na+].[Na+]. The van der Waals surface area contributed by atoms with Gasteiger partial charge in [-0.25, -0.2) is 9.97 Å². The number of nitrogens with two attached hydrogens (primary N) is 1. The van der Waals surface area contributed by atoms with Crippen LogP contribution in [0.25, 0.3) is 11.2 Å². The monoisotopic (exact) mass is 485 g/mol. The molecule has 0 radical (unpaired) electrons. The second-order valence-electron chi connectivity index (χ2n) is 6.67. The van der Waals surface area contributed by atoms with Crippen LogP contribution in [0.4, 0.5) is 11.6 Å². The third-order valence-electron chi connectivity index (χ3n) is 4.33. The van der Waals surface area contributed by atoms with Crippen molar-refractivity contribution in [3.8, 4) is 0 Å². The average molecular weight is 485 g/mol. The summed E-state index contributed by atoms with van der Waals surface area (Å²) in [7, 11) is 0. The van der Waals surface area contributed by atoms with E-state index < -0.39 is 35.9 Å². The molecule has 3 aromatic rings. The van der Waals surface area contributed by atoms with Crippen LogP contribution in [-0.4, -0.2) is 43.8 Å². The van der Waals surface area contributed by atoms with Gasteiger partial charge in [0.05, 0.1) is 30.4 Å². The molecular formula is C19H17N7Na2O6. The van der Waals surface area contributed by atoms with Crippen molar-refractivity contribution >= 4 is 40.6 Å². The van der Waals surface area contributed by atoms with Gasteiger partial charge in [-0.05, 0) is 37.1 Å². The molecular weight excluding hydrogens is 468 g/mol. The molecule has 5 N–H and O–H groups in total. The van der Waals surface area contributed by atoms with Crippen LogP contribution < -0.4 is 91.3 Å². The van der Waals surface area contributed by atoms with Gasteiger partial charge in [-0.3, -0.25) is 14.6 Å². The van der Waals surface area contributed by atoms with E-state index >= 15 is 0 Å². The second kappa shape index (κ2) is 13.4. The van der Waals surface area contributed by atoms with Crippen LogP contribution in [0.2, 0.25) is 0 Å². The van der Waals surface area contributed by atoms with E-state index in [1.807, 2.05) is 0 Å². The van der Waals surface area contributed by atoms with Gasteiger partial charge in [0.25, 0.3) is 11.5 Å². The first-order chi connectivity index (χ1) is 15.2. The van der Waals surface area contributed by atoms with Gasteiger partial charge in [0.15, 0.2) is 11.2 Å². The van der Waals surface area contributed by atoms with Crippen LogP contribution in [-0.2, 0) is 16.1 Å². The van der Waals surface area contributed by atoms with E-state index in [1.165, 1.54) is 18.3 Å². The quantitative estimate of drug-likeness (QED) is 0.208. The molecule has 34 heavy (non-hydrogen) atoms. The van der Waals surface area contributed by atoms with E-state index in [9.17, 15) is 29.4 Å². The summed E-state index contributed by atoms with van der Waals surface area (Å²) in [6.07, 6.45) is 0.554. The number of aromatic amines is 1. The number of nitrogens with one attached hydrogen (secondary N) is 3. The number of anilines is 2. The Kier molecular flexibility index (Phi) is 11.6. The molecule has 166 valence electrons. The van der Waals surface area contributed by atoms with Crippen molar-refractivity contribution in [2.24, 2.45) is 0 Å². The minimum atomic E-state index is -1.59. The standard InChI is InChI=1S/C19H19N7O6.2Na/c20-19-25-15-14(17(30)26-19)23-11(8-22-15)7-21-10-3-1-9(2-4-10)16(29)24-12(18(31)32)5-6-13(27)28;;/h1-4,8,12,21H,5-7H2,(H,24,29)(H,27,28)(H,31,32)(H3,20,22,25,26,30);;/q;2*+1/p-2/t12-;;/m1../s1. The molecule has 0 unspecified atom stereocenters. The first kappa shape index (κ1) is 29.5. The van der Waals surface area contributed by atoms with Gasteiger partial charge in [-0.2, -0.15) is 4.98 Å². The number of benzene rings is 1. The number of carbonyl (C=O) groups is 3. The Hall–Kier alpha value is -2.55. The summed E-state index contributed by atoms with van der Waals surface area (Å²) in [6.45, 7) is 0.217. The molecule has 2 heterocycles. The molecule has 3 rings (SSSR count). The van der Waals surface area contributed by atoms with Gasteiger partial charge in [-0.15, -0.1) is 0 Å². The fourth-order valence-electron chi connectivity index (χ4n) is 2.74. The van der Waals surface area contributed by atoms with Gasteiger partial charge >= 0.3 is 59.1 Å². The normalized spacial score (nSPS) is 10.9. The summed E-state index contributed by atoms with van der Waals surface area (Å²) in [5.74, 6) is -3.78. The predicted octanol–water partition coefficient (Wildman–Crippen LogP) is -8.71. The van der Waals surface area contributed by atoms with Gasteiger partial charge in [0.1, 0.15) is 0 Å². The van der Waals surface area contributed by atoms with E-state index in [4.69, 9.17) is 5.73 Å². The zero-order chi connectivity index (χ0) is 23.3. The number of H-pyrrole nitrogens is 1. The number of rotatable bonds is 9. The minimum absolute atomic E-state index is 0. The number of fused-ring (bicyclic) bond motifs is 1. The fraction of sp³-hybridized carbons (Fsp3) is 0.211. The Morgan fingerprint density at radius 3 is 2.38 bits per heavy atom. The Balaban J connectivity index is 0.00000289. The van der Waals surface area contributed by atoms with Crippen LogP contribution in [0.5, 0.6) is 0 Å². The molecule has 15 heteroatoms. The third kappa shape index (κ3) is 8.04. The topological polar surface area (TPSA) is 219 Å². The Morgan fingerprint density at radius 1 is 1.09 bits per heavy atom. The first-order valence-electron chi connectivity index (χ1n) is 9.30. The van der Waals surface area contributed by atoms with Gasteiger partial charge in [-0.1, -0.05) is 0 Å². The third-order valence-corrected chi connectivity index (χ3v) is 4.33. The summed E-state index contributed by atoms with van der Waals surface area (Å²) in [5.41, 5.74) is 6.37. The van der Waals surface area contributed by atoms with E-state index in [1.54, 1.807) is 12.1 Å². The number of hydrogen-bond acceptors (Lipinski definition) is 11. The summed E-state index contributed by atoms with van der Waals surface area (Å²) >= 11 is 0. The minimum Gasteiger partial charge on any atom is -0.550 e. The molecule has 0 fully saturated rings. The molecule has 0 saturated heterocycles. The van der Waals surface area contributed by atoms with Crippen molar-refractivity contribution in [3.63, 3.8) is 0 Å². The summed E-state index contributed by atoms with van der Waals surface area (Å²) < 4.78 is 0. The van der Waals surface area contributed by atoms with Crippen molar-refractivity contribution in [1.29, 1.82) is 0 Å². The Bertz CT molecular complexity index is 1240. The van der Waals surface area contributed by atoms with Gasteiger partial charge in [0, 0.05) is 17.2 Å². The molecule has 0 bridgehead atoms. The van der Waals surface area contributed by atoms with Crippen molar-refractivity contribution in [1.82, 2.24) is 25.3 Å². The Labute approximate surface area is 236 Å². The summed E-state index contributed by atoms with van der Waals surface area (Å²) in [5, 5.41) is 26.8. The van der Waals surface area contributed by atoms with Crippen LogP contribution in [0.15, 0.2) is 35.3 Å². The maximum atomic E-state index is 12.2. The maximum absolute atomic E-state index is 12.2. The van der Waals surface area contributed by atoms with Crippen molar-refractivity contribution in [2.75, 3.05) is 11.1 Å². The second-order valence-corrected chi connectivity index (χ2v) is 6.67. The van der Waals surface area contributed by atoms with Crippen LogP contribution in [0.3, 0.4) is 0 Å². The average Bonchev–Trinajstić information content (AvgIpc) is 2.75. The number of nitrogen functional groups attached to an aromatic ring is 1. The Morgan fingerprint density at radius 2 is 1.76 bits per heavy atom. The van der Waals surface area contributed by atoms with E-state index in [2.05, 4.69) is 30.6 Å². The van der Waals surface area contributed by atoms with Crippen LogP contribution >= 0.6 is 0 Å². The number of hydrogen-bond donors (Lipinski definition) is 4. The van der Waals surface area contributed by atoms with E-state index in [0.717, 1.165) is 0 Å². The zero-order valence-corrected chi connectivity index (χ0v) is 22.5. The number of amides is 1. The molecule has 0 aliphatic heterocycles. The molecule has 1 atom stereocenters. The zero-order valence-electron chi connectivity index (χ0n) is 18.5. The molecule has 1 amide bonds. The molecule has 0 spiro atoms. The fourth-order valence-corrected chi connectivity index (χ4v) is 2.74. The number of carboxylic acid groups (broad SMARTS) is 2. The predicted molar refractivity (Wildman–Crippen MR) is 107 cm³/mol. The number of aromatic nitrogens is 4. The maximum Gasteiger partial charge on any atom is 1.00 e. The number of aliphatic carboxylic acids is 2. The number of nitrogens with zero attached hydrogens (tertiary/aromatic N) is 3. The summed E-state index contributed by atoms with van der Waals surface area (Å²) in [6, 6.07) is 4.59. The van der Waals surface area contributed by atoms with Gasteiger partial charge < -0.3 is 36.2 Å². The molecule has 1 aromatic carbocycles. The van der Waals surface area contributed by atoms with Crippen molar-refractivity contribution in [2.45, 2.75) is 25.4 Å². The number of carboxylic acids is 2. The van der Waals surface area contributed by atoms with E-state index in [-0.39, 0.29) is 94.8 Å². The molecule has 2 aromatic heterocycles. The van der Waals surface area contributed by atoms with Crippen LogP contribution in [0, 0.1) is 0 Å². The number of carbonyl (C=O) groups excluding carboxylic acids is 3. The molecule has 0 aliphatic rings. The van der Waals surface area contributed by atoms with Gasteiger partial charge in [0.2, 0.25) is 5.95 Å². The first-order valence-corrected chi connectivity index (χ1v) is 9.30. The molecule has 0 aliphatic carbocycles. The van der Waals surface area contributed by atoms with Crippen LogP contribution in [0.1, 0.15) is 28.9 Å². The molecule has 0 saturated carbocycles. The summed E-state index contributed by atoms with van der Waals surface area (Å²) in [4.78, 5) is 60.2. The largest absolute Gasteiger partial charge is 1.00 e. The van der Waals surface area contributed by atoms with E-state index in [0.29, 0.717) is 11.4 Å². The van der Waals surface area contributed by atoms with Crippen molar-refractivity contribution < 1.29 is 83.7 Å². The smallest absolute Gasteiger partial charge is 0.550 e. The van der Waals surface area contributed by atoms with Crippen molar-refractivity contribution in [3.05, 3.63) is 52.1 Å².